The molecule has 1 aliphatic rings. The molecule has 0 aliphatic carbocycles. The van der Waals surface area contributed by atoms with Crippen molar-refractivity contribution in [3.05, 3.63) is 51.8 Å². The number of imidazole rings is 1. The molecule has 3 aromatic heterocycles. The molecule has 3 aromatic rings. The lowest BCUT2D eigenvalue weighted by Crippen LogP contribution is -2.40. The van der Waals surface area contributed by atoms with Crippen molar-refractivity contribution in [1.82, 2.24) is 29.6 Å². The van der Waals surface area contributed by atoms with Crippen LogP contribution in [0.5, 0.6) is 0 Å². The maximum Gasteiger partial charge on any atom is 0.274 e. The summed E-state index contributed by atoms with van der Waals surface area (Å²) in [7, 11) is 0. The van der Waals surface area contributed by atoms with E-state index >= 15 is 0 Å². The van der Waals surface area contributed by atoms with Crippen molar-refractivity contribution in [2.24, 2.45) is 0 Å². The number of aromatic nitrogens is 5. The van der Waals surface area contributed by atoms with Gasteiger partial charge < -0.3 is 9.47 Å². The largest absolute Gasteiger partial charge is 0.337 e. The first-order valence-electron chi connectivity index (χ1n) is 9.38. The second kappa shape index (κ2) is 7.64. The van der Waals surface area contributed by atoms with Crippen LogP contribution in [0, 0.1) is 6.92 Å². The molecule has 1 N–H and O–H groups in total. The summed E-state index contributed by atoms with van der Waals surface area (Å²) in [5.74, 6) is 1.29. The summed E-state index contributed by atoms with van der Waals surface area (Å²) in [6.07, 6.45) is 6.71. The monoisotopic (exact) mass is 384 g/mol. The van der Waals surface area contributed by atoms with E-state index in [0.29, 0.717) is 12.2 Å². The molecule has 0 spiro atoms. The van der Waals surface area contributed by atoms with Gasteiger partial charge in [-0.05, 0) is 26.2 Å². The van der Waals surface area contributed by atoms with E-state index < -0.39 is 0 Å². The van der Waals surface area contributed by atoms with Gasteiger partial charge >= 0.3 is 0 Å². The van der Waals surface area contributed by atoms with Gasteiger partial charge in [0.2, 0.25) is 0 Å². The molecule has 1 atom stereocenters. The molecule has 1 amide bonds. The van der Waals surface area contributed by atoms with Crippen LogP contribution in [0.1, 0.15) is 58.9 Å². The summed E-state index contributed by atoms with van der Waals surface area (Å²) in [5.41, 5.74) is 5.45. The average Bonchev–Trinajstić information content (AvgIpc) is 3.43. The van der Waals surface area contributed by atoms with Gasteiger partial charge in [0.15, 0.2) is 5.69 Å². The van der Waals surface area contributed by atoms with Gasteiger partial charge in [-0.1, -0.05) is 6.92 Å². The molecule has 0 bridgehead atoms. The van der Waals surface area contributed by atoms with Crippen LogP contribution in [0.2, 0.25) is 0 Å². The number of piperidine rings is 1. The van der Waals surface area contributed by atoms with E-state index in [9.17, 15) is 4.79 Å². The molecule has 4 heterocycles. The number of carbonyl (C=O) groups excluding carboxylic acids is 1. The first kappa shape index (κ1) is 17.9. The Balaban J connectivity index is 1.51. The highest BCUT2D eigenvalue weighted by Gasteiger charge is 2.30. The van der Waals surface area contributed by atoms with Crippen molar-refractivity contribution >= 4 is 17.2 Å². The van der Waals surface area contributed by atoms with Crippen molar-refractivity contribution in [2.75, 3.05) is 13.1 Å². The average molecular weight is 385 g/mol. The number of hydrogen-bond donors (Lipinski definition) is 1. The summed E-state index contributed by atoms with van der Waals surface area (Å²) in [6.45, 7) is 6.21. The minimum absolute atomic E-state index is 0.0192. The normalized spacial score (nSPS) is 17.4. The molecule has 0 unspecified atom stereocenters. The topological polar surface area (TPSA) is 79.7 Å². The molecular formula is C19H24N6OS. The van der Waals surface area contributed by atoms with Crippen LogP contribution in [0.15, 0.2) is 23.3 Å². The zero-order valence-electron chi connectivity index (χ0n) is 15.7. The van der Waals surface area contributed by atoms with Crippen molar-refractivity contribution < 1.29 is 4.79 Å². The summed E-state index contributed by atoms with van der Waals surface area (Å²) in [5, 5.41) is 9.33. The molecule has 8 heteroatoms. The van der Waals surface area contributed by atoms with Crippen molar-refractivity contribution in [2.45, 2.75) is 45.6 Å². The van der Waals surface area contributed by atoms with Crippen molar-refractivity contribution in [3.8, 4) is 0 Å². The Morgan fingerprint density at radius 3 is 3.04 bits per heavy atom. The third-order valence-electron chi connectivity index (χ3n) is 5.30. The van der Waals surface area contributed by atoms with Crippen LogP contribution in [0.3, 0.4) is 0 Å². The number of nitrogens with one attached hydrogen (secondary N) is 1. The minimum Gasteiger partial charge on any atom is -0.337 e. The number of aromatic amines is 1. The molecule has 142 valence electrons. The molecule has 1 fully saturated rings. The lowest BCUT2D eigenvalue weighted by atomic mass is 9.96. The van der Waals surface area contributed by atoms with E-state index in [1.165, 1.54) is 0 Å². The number of rotatable bonds is 5. The third kappa shape index (κ3) is 3.53. The predicted octanol–water partition coefficient (Wildman–Crippen LogP) is 3.00. The van der Waals surface area contributed by atoms with E-state index in [1.807, 2.05) is 29.7 Å². The standard InChI is InChI=1S/C19H24N6OS/c1-3-16-13(2)17(23-22-16)19(26)25-7-4-5-14(9-25)18-20-6-8-24(18)10-15-11-27-12-21-15/h6,8,11-12,14H,3-5,7,9-10H2,1-2H3,(H,22,23)/t14-/m0/s1. The fourth-order valence-electron chi connectivity index (χ4n) is 3.81. The van der Waals surface area contributed by atoms with Crippen molar-refractivity contribution in [1.29, 1.82) is 0 Å². The van der Waals surface area contributed by atoms with E-state index in [1.54, 1.807) is 11.3 Å². The van der Waals surface area contributed by atoms with Gasteiger partial charge in [0, 0.05) is 48.0 Å². The number of thiazole rings is 1. The number of nitrogens with zero attached hydrogens (tertiary/aromatic N) is 5. The van der Waals surface area contributed by atoms with Crippen LogP contribution in [-0.2, 0) is 13.0 Å². The zero-order chi connectivity index (χ0) is 18.8. The number of amides is 1. The minimum atomic E-state index is 0.0192. The summed E-state index contributed by atoms with van der Waals surface area (Å²) < 4.78 is 2.16. The Hall–Kier alpha value is -2.48. The Kier molecular flexibility index (Phi) is 5.07. The van der Waals surface area contributed by atoms with Gasteiger partial charge in [0.1, 0.15) is 5.82 Å². The molecular weight excluding hydrogens is 360 g/mol. The fraction of sp³-hybridized carbons (Fsp3) is 0.474. The molecule has 0 radical (unpaired) electrons. The third-order valence-corrected chi connectivity index (χ3v) is 5.94. The second-order valence-electron chi connectivity index (χ2n) is 7.01. The molecule has 0 aromatic carbocycles. The van der Waals surface area contributed by atoms with Crippen LogP contribution in [0.4, 0.5) is 0 Å². The van der Waals surface area contributed by atoms with Gasteiger partial charge in [0.25, 0.3) is 5.91 Å². The van der Waals surface area contributed by atoms with Crippen LogP contribution < -0.4 is 0 Å². The quantitative estimate of drug-likeness (QED) is 0.733. The molecule has 0 saturated carbocycles. The maximum atomic E-state index is 13.0. The number of carbonyl (C=O) groups is 1. The number of aryl methyl sites for hydroxylation is 1. The highest BCUT2D eigenvalue weighted by Crippen LogP contribution is 2.27. The first-order chi connectivity index (χ1) is 13.2. The Bertz CT molecular complexity index is 913. The molecule has 1 saturated heterocycles. The number of likely N-dealkylation sites (tertiary alicyclic amines) is 1. The van der Waals surface area contributed by atoms with E-state index in [2.05, 4.69) is 37.0 Å². The van der Waals surface area contributed by atoms with Crippen LogP contribution in [-0.4, -0.2) is 48.6 Å². The van der Waals surface area contributed by atoms with Gasteiger partial charge in [-0.25, -0.2) is 9.97 Å². The lowest BCUT2D eigenvalue weighted by Gasteiger charge is -2.32. The van der Waals surface area contributed by atoms with Gasteiger partial charge in [-0.2, -0.15) is 5.10 Å². The Labute approximate surface area is 162 Å². The summed E-state index contributed by atoms with van der Waals surface area (Å²) in [6, 6.07) is 0. The highest BCUT2D eigenvalue weighted by molar-refractivity contribution is 7.07. The Morgan fingerprint density at radius 1 is 1.41 bits per heavy atom. The SMILES string of the molecule is CCc1[nH]nc(C(=O)N2CCC[C@H](c3nccn3Cc3cscn3)C2)c1C. The molecule has 4 rings (SSSR count). The second-order valence-corrected chi connectivity index (χ2v) is 7.73. The lowest BCUT2D eigenvalue weighted by molar-refractivity contribution is 0.0696. The predicted molar refractivity (Wildman–Crippen MR) is 104 cm³/mol. The van der Waals surface area contributed by atoms with Crippen molar-refractivity contribution in [3.63, 3.8) is 0 Å². The fourth-order valence-corrected chi connectivity index (χ4v) is 4.36. The molecule has 1 aliphatic heterocycles. The maximum absolute atomic E-state index is 13.0. The van der Waals surface area contributed by atoms with Crippen LogP contribution in [0.25, 0.3) is 0 Å². The number of hydrogen-bond acceptors (Lipinski definition) is 5. The van der Waals surface area contributed by atoms with Gasteiger partial charge in [-0.3, -0.25) is 9.89 Å². The van der Waals surface area contributed by atoms with Gasteiger partial charge in [-0.15, -0.1) is 11.3 Å². The van der Waals surface area contributed by atoms with E-state index in [-0.39, 0.29) is 11.8 Å². The smallest absolute Gasteiger partial charge is 0.274 e. The molecule has 27 heavy (non-hydrogen) atoms. The zero-order valence-corrected chi connectivity index (χ0v) is 16.5. The molecule has 7 nitrogen and oxygen atoms in total. The summed E-state index contributed by atoms with van der Waals surface area (Å²) in [4.78, 5) is 23.9. The number of H-pyrrole nitrogens is 1. The highest BCUT2D eigenvalue weighted by atomic mass is 32.1. The summed E-state index contributed by atoms with van der Waals surface area (Å²) >= 11 is 1.60. The van der Waals surface area contributed by atoms with E-state index in [4.69, 9.17) is 0 Å². The van der Waals surface area contributed by atoms with E-state index in [0.717, 1.165) is 55.1 Å². The van der Waals surface area contributed by atoms with Crippen LogP contribution >= 0.6 is 11.3 Å². The van der Waals surface area contributed by atoms with Gasteiger partial charge in [0.05, 0.1) is 17.7 Å². The first-order valence-corrected chi connectivity index (χ1v) is 10.3. The Morgan fingerprint density at radius 2 is 2.30 bits per heavy atom.